The first-order valence-electron chi connectivity index (χ1n) is 7.21. The second kappa shape index (κ2) is 6.35. The van der Waals surface area contributed by atoms with E-state index in [2.05, 4.69) is 15.6 Å². The molecule has 0 aliphatic carbocycles. The van der Waals surface area contributed by atoms with E-state index in [1.165, 1.54) is 12.2 Å². The fraction of sp³-hybridized carbons (Fsp3) is 0.375. The van der Waals surface area contributed by atoms with Crippen molar-refractivity contribution in [2.24, 2.45) is 5.92 Å². The number of nitrogens with one attached hydrogen (secondary N) is 2. The molecule has 2 N–H and O–H groups in total. The lowest BCUT2D eigenvalue weighted by Gasteiger charge is -2.12. The van der Waals surface area contributed by atoms with E-state index in [0.29, 0.717) is 11.5 Å². The Balaban J connectivity index is 1.84. The summed E-state index contributed by atoms with van der Waals surface area (Å²) in [4.78, 5) is 16.8. The lowest BCUT2D eigenvalue weighted by molar-refractivity contribution is 0.0950. The smallest absolute Gasteiger partial charge is 0.253 e. The summed E-state index contributed by atoms with van der Waals surface area (Å²) in [5, 5.41) is 8.04. The van der Waals surface area contributed by atoms with Crippen molar-refractivity contribution in [2.45, 2.75) is 6.42 Å². The van der Waals surface area contributed by atoms with E-state index in [-0.39, 0.29) is 5.91 Å². The Morgan fingerprint density at radius 1 is 1.38 bits per heavy atom. The van der Waals surface area contributed by atoms with Gasteiger partial charge in [0.2, 0.25) is 0 Å². The van der Waals surface area contributed by atoms with Gasteiger partial charge in [-0.25, -0.2) is 4.98 Å². The Morgan fingerprint density at radius 2 is 2.19 bits per heavy atom. The zero-order valence-electron chi connectivity index (χ0n) is 12.1. The summed E-state index contributed by atoms with van der Waals surface area (Å²) >= 11 is 1.97. The van der Waals surface area contributed by atoms with Crippen LogP contribution in [0.1, 0.15) is 16.8 Å². The van der Waals surface area contributed by atoms with Crippen LogP contribution in [0.3, 0.4) is 0 Å². The fourth-order valence-electron chi connectivity index (χ4n) is 2.65. The molecule has 4 nitrogen and oxygen atoms in total. The van der Waals surface area contributed by atoms with Gasteiger partial charge in [-0.15, -0.1) is 0 Å². The van der Waals surface area contributed by atoms with Crippen LogP contribution >= 0.6 is 11.8 Å². The Morgan fingerprint density at radius 3 is 2.90 bits per heavy atom. The first-order valence-corrected chi connectivity index (χ1v) is 8.36. The number of carbonyl (C=O) groups excluding carboxylic acids is 1. The molecule has 1 fully saturated rings. The molecule has 1 aliphatic heterocycles. The number of aromatic nitrogens is 1. The number of benzene rings is 1. The summed E-state index contributed by atoms with van der Waals surface area (Å²) in [6.07, 6.45) is 2.86. The van der Waals surface area contributed by atoms with Gasteiger partial charge in [0, 0.05) is 25.2 Å². The molecule has 1 atom stereocenters. The molecule has 1 unspecified atom stereocenters. The van der Waals surface area contributed by atoms with Crippen molar-refractivity contribution in [3.8, 4) is 0 Å². The highest BCUT2D eigenvalue weighted by Gasteiger charge is 2.18. The third-order valence-electron chi connectivity index (χ3n) is 3.85. The van der Waals surface area contributed by atoms with E-state index in [9.17, 15) is 4.79 Å². The maximum Gasteiger partial charge on any atom is 0.253 e. The highest BCUT2D eigenvalue weighted by molar-refractivity contribution is 7.99. The number of rotatable bonds is 4. The van der Waals surface area contributed by atoms with Crippen LogP contribution in [0.25, 0.3) is 10.8 Å². The number of nitrogens with zero attached hydrogens (tertiary/aromatic N) is 1. The minimum Gasteiger partial charge on any atom is -0.373 e. The van der Waals surface area contributed by atoms with Gasteiger partial charge in [-0.3, -0.25) is 4.79 Å². The summed E-state index contributed by atoms with van der Waals surface area (Å²) in [7, 11) is 1.84. The zero-order chi connectivity index (χ0) is 14.7. The van der Waals surface area contributed by atoms with Crippen molar-refractivity contribution in [3.05, 3.63) is 36.0 Å². The number of hydrogen-bond donors (Lipinski definition) is 2. The number of amides is 1. The van der Waals surface area contributed by atoms with Crippen LogP contribution in [0.5, 0.6) is 0 Å². The molecule has 5 heteroatoms. The molecule has 1 saturated heterocycles. The lowest BCUT2D eigenvalue weighted by atomic mass is 10.1. The maximum absolute atomic E-state index is 12.4. The van der Waals surface area contributed by atoms with Crippen LogP contribution in [0, 0.1) is 5.92 Å². The average Bonchev–Trinajstić information content (AvgIpc) is 3.05. The van der Waals surface area contributed by atoms with Crippen LogP contribution in [0.4, 0.5) is 5.82 Å². The van der Waals surface area contributed by atoms with Gasteiger partial charge in [-0.1, -0.05) is 24.3 Å². The molecule has 0 spiro atoms. The molecule has 21 heavy (non-hydrogen) atoms. The standard InChI is InChI=1S/C16H19N3OS/c1-17-15-13-5-3-2-4-12(13)14(9-18-15)16(20)19-8-11-6-7-21-10-11/h2-5,9,11H,6-8,10H2,1H3,(H,17,18)(H,19,20). The lowest BCUT2D eigenvalue weighted by Crippen LogP contribution is -2.29. The number of pyridine rings is 1. The normalized spacial score (nSPS) is 17.9. The Kier molecular flexibility index (Phi) is 4.29. The molecule has 0 bridgehead atoms. The average molecular weight is 301 g/mol. The molecule has 1 aromatic carbocycles. The monoisotopic (exact) mass is 301 g/mol. The quantitative estimate of drug-likeness (QED) is 0.912. The second-order valence-corrected chi connectivity index (χ2v) is 6.41. The van der Waals surface area contributed by atoms with E-state index < -0.39 is 0 Å². The summed E-state index contributed by atoms with van der Waals surface area (Å²) < 4.78 is 0. The highest BCUT2D eigenvalue weighted by atomic mass is 32.2. The predicted molar refractivity (Wildman–Crippen MR) is 89.1 cm³/mol. The van der Waals surface area contributed by atoms with E-state index in [1.54, 1.807) is 6.20 Å². The van der Waals surface area contributed by atoms with Crippen LogP contribution in [-0.2, 0) is 0 Å². The molecule has 0 radical (unpaired) electrons. The van der Waals surface area contributed by atoms with E-state index in [4.69, 9.17) is 0 Å². The number of carbonyl (C=O) groups is 1. The van der Waals surface area contributed by atoms with Gasteiger partial charge in [0.15, 0.2) is 0 Å². The van der Waals surface area contributed by atoms with Gasteiger partial charge < -0.3 is 10.6 Å². The number of fused-ring (bicyclic) bond motifs is 1. The molecule has 1 amide bonds. The Hall–Kier alpha value is -1.75. The van der Waals surface area contributed by atoms with Crippen LogP contribution < -0.4 is 10.6 Å². The number of hydrogen-bond acceptors (Lipinski definition) is 4. The first kappa shape index (κ1) is 14.2. The maximum atomic E-state index is 12.4. The minimum atomic E-state index is -0.0294. The predicted octanol–water partition coefficient (Wildman–Crippen LogP) is 2.76. The molecule has 110 valence electrons. The summed E-state index contributed by atoms with van der Waals surface area (Å²) in [5.41, 5.74) is 0.648. The Bertz CT molecular complexity index is 653. The van der Waals surface area contributed by atoms with Gasteiger partial charge in [0.1, 0.15) is 5.82 Å². The van der Waals surface area contributed by atoms with Crippen molar-refractivity contribution < 1.29 is 4.79 Å². The molecule has 3 rings (SSSR count). The molecule has 0 saturated carbocycles. The molecular weight excluding hydrogens is 282 g/mol. The Labute approximate surface area is 128 Å². The largest absolute Gasteiger partial charge is 0.373 e. The highest BCUT2D eigenvalue weighted by Crippen LogP contribution is 2.25. The second-order valence-electron chi connectivity index (χ2n) is 5.26. The van der Waals surface area contributed by atoms with Crippen molar-refractivity contribution in [3.63, 3.8) is 0 Å². The molecule has 1 aromatic heterocycles. The third-order valence-corrected chi connectivity index (χ3v) is 5.08. The van der Waals surface area contributed by atoms with Crippen LogP contribution in [0.15, 0.2) is 30.5 Å². The van der Waals surface area contributed by atoms with Crippen molar-refractivity contribution in [2.75, 3.05) is 30.4 Å². The van der Waals surface area contributed by atoms with E-state index >= 15 is 0 Å². The molecular formula is C16H19N3OS. The van der Waals surface area contributed by atoms with Crippen molar-refractivity contribution >= 4 is 34.3 Å². The third kappa shape index (κ3) is 2.97. The van der Waals surface area contributed by atoms with Gasteiger partial charge >= 0.3 is 0 Å². The van der Waals surface area contributed by atoms with Gasteiger partial charge in [0.05, 0.1) is 5.56 Å². The summed E-state index contributed by atoms with van der Waals surface area (Å²) in [6, 6.07) is 7.87. The molecule has 2 aromatic rings. The minimum absolute atomic E-state index is 0.0294. The summed E-state index contributed by atoms with van der Waals surface area (Å²) in [6.45, 7) is 0.758. The van der Waals surface area contributed by atoms with E-state index in [0.717, 1.165) is 28.9 Å². The van der Waals surface area contributed by atoms with Crippen LogP contribution in [-0.4, -0.2) is 36.0 Å². The van der Waals surface area contributed by atoms with Crippen molar-refractivity contribution in [1.82, 2.24) is 10.3 Å². The SMILES string of the molecule is CNc1ncc(C(=O)NCC2CCSC2)c2ccccc12. The zero-order valence-corrected chi connectivity index (χ0v) is 12.9. The van der Waals surface area contributed by atoms with E-state index in [1.807, 2.05) is 43.1 Å². The van der Waals surface area contributed by atoms with Gasteiger partial charge in [0.25, 0.3) is 5.91 Å². The topological polar surface area (TPSA) is 54.0 Å². The molecule has 2 heterocycles. The summed E-state index contributed by atoms with van der Waals surface area (Å²) in [5.74, 6) is 3.74. The van der Waals surface area contributed by atoms with Crippen molar-refractivity contribution in [1.29, 1.82) is 0 Å². The number of anilines is 1. The first-order chi connectivity index (χ1) is 10.3. The fourth-order valence-corrected chi connectivity index (χ4v) is 3.93. The van der Waals surface area contributed by atoms with Crippen LogP contribution in [0.2, 0.25) is 0 Å². The van der Waals surface area contributed by atoms with Gasteiger partial charge in [-0.05, 0) is 29.2 Å². The van der Waals surface area contributed by atoms with Gasteiger partial charge in [-0.2, -0.15) is 11.8 Å². The number of thioether (sulfide) groups is 1. The molecule has 1 aliphatic rings.